The fourth-order valence-electron chi connectivity index (χ4n) is 1.45. The van der Waals surface area contributed by atoms with Gasteiger partial charge in [0.1, 0.15) is 11.3 Å². The van der Waals surface area contributed by atoms with Gasteiger partial charge in [-0.15, -0.1) is 0 Å². The molecule has 1 aromatic rings. The minimum absolute atomic E-state index is 0.378. The van der Waals surface area contributed by atoms with Crippen LogP contribution in [0.2, 0.25) is 0 Å². The van der Waals surface area contributed by atoms with Crippen LogP contribution in [-0.2, 0) is 9.59 Å². The van der Waals surface area contributed by atoms with Crippen LogP contribution in [0.5, 0.6) is 5.75 Å². The Morgan fingerprint density at radius 2 is 1.79 bits per heavy atom. The lowest BCUT2D eigenvalue weighted by molar-refractivity contribution is -0.157. The maximum absolute atomic E-state index is 12.1. The van der Waals surface area contributed by atoms with E-state index in [0.717, 1.165) is 0 Å². The van der Waals surface area contributed by atoms with Crippen LogP contribution in [0.3, 0.4) is 0 Å². The Morgan fingerprint density at radius 1 is 1.26 bits per heavy atom. The Balaban J connectivity index is 2.75. The number of aliphatic carboxylic acids is 1. The van der Waals surface area contributed by atoms with Gasteiger partial charge in [-0.05, 0) is 32.9 Å². The van der Waals surface area contributed by atoms with Crippen molar-refractivity contribution in [1.82, 2.24) is 4.90 Å². The molecule has 1 unspecified atom stereocenters. The number of carboxylic acids is 1. The monoisotopic (exact) mass is 265 g/mol. The zero-order chi connectivity index (χ0) is 14.6. The molecule has 0 aliphatic carbocycles. The van der Waals surface area contributed by atoms with Crippen LogP contribution >= 0.6 is 0 Å². The van der Waals surface area contributed by atoms with Crippen molar-refractivity contribution in [1.29, 1.82) is 0 Å². The highest BCUT2D eigenvalue weighted by Crippen LogP contribution is 2.17. The number of carbonyl (C=O) groups is 2. The van der Waals surface area contributed by atoms with Gasteiger partial charge in [0.2, 0.25) is 0 Å². The first-order chi connectivity index (χ1) is 8.76. The molecular formula is C14H19NO4. The summed E-state index contributed by atoms with van der Waals surface area (Å²) in [5.74, 6) is -0.864. The van der Waals surface area contributed by atoms with Gasteiger partial charge in [0.05, 0.1) is 0 Å². The van der Waals surface area contributed by atoms with E-state index in [-0.39, 0.29) is 5.91 Å². The number of hydrogen-bond acceptors (Lipinski definition) is 3. The second kappa shape index (κ2) is 5.73. The highest BCUT2D eigenvalue weighted by atomic mass is 16.5. The number of hydrogen-bond donors (Lipinski definition) is 1. The van der Waals surface area contributed by atoms with Crippen LogP contribution in [0.1, 0.15) is 20.8 Å². The first-order valence-electron chi connectivity index (χ1n) is 5.99. The minimum Gasteiger partial charge on any atom is -0.481 e. The summed E-state index contributed by atoms with van der Waals surface area (Å²) in [6.07, 6.45) is -0.744. The Morgan fingerprint density at radius 3 is 2.26 bits per heavy atom. The summed E-state index contributed by atoms with van der Waals surface area (Å²) in [6, 6.07) is 8.94. The van der Waals surface area contributed by atoms with Crippen LogP contribution in [0, 0.1) is 0 Å². The van der Waals surface area contributed by atoms with E-state index >= 15 is 0 Å². The zero-order valence-corrected chi connectivity index (χ0v) is 11.6. The number of ether oxygens (including phenoxy) is 1. The number of nitrogens with zero attached hydrogens (tertiary/aromatic N) is 1. The molecule has 0 fully saturated rings. The first-order valence-corrected chi connectivity index (χ1v) is 5.99. The van der Waals surface area contributed by atoms with Gasteiger partial charge < -0.3 is 14.7 Å². The summed E-state index contributed by atoms with van der Waals surface area (Å²) in [5.41, 5.74) is -1.27. The number of rotatable bonds is 5. The Kier molecular flexibility index (Phi) is 4.53. The van der Waals surface area contributed by atoms with E-state index < -0.39 is 17.6 Å². The molecule has 0 aromatic heterocycles. The summed E-state index contributed by atoms with van der Waals surface area (Å²) in [4.78, 5) is 24.4. The van der Waals surface area contributed by atoms with Crippen molar-refractivity contribution in [3.8, 4) is 5.75 Å². The predicted molar refractivity (Wildman–Crippen MR) is 71.0 cm³/mol. The van der Waals surface area contributed by atoms with Crippen LogP contribution < -0.4 is 4.74 Å². The third-order valence-electron chi connectivity index (χ3n) is 3.10. The molecule has 0 saturated heterocycles. The molecule has 1 N–H and O–H groups in total. The molecule has 5 heteroatoms. The smallest absolute Gasteiger partial charge is 0.329 e. The molecule has 1 amide bonds. The van der Waals surface area contributed by atoms with Gasteiger partial charge >= 0.3 is 5.97 Å². The van der Waals surface area contributed by atoms with Crippen molar-refractivity contribution in [2.24, 2.45) is 0 Å². The zero-order valence-electron chi connectivity index (χ0n) is 11.6. The van der Waals surface area contributed by atoms with Crippen molar-refractivity contribution in [3.05, 3.63) is 30.3 Å². The van der Waals surface area contributed by atoms with Gasteiger partial charge in [-0.1, -0.05) is 18.2 Å². The van der Waals surface area contributed by atoms with Crippen molar-refractivity contribution >= 4 is 11.9 Å². The predicted octanol–water partition coefficient (Wildman–Crippen LogP) is 1.78. The quantitative estimate of drug-likeness (QED) is 0.881. The number of benzene rings is 1. The second-order valence-electron chi connectivity index (χ2n) is 4.83. The summed E-state index contributed by atoms with van der Waals surface area (Å²) in [6.45, 7) is 4.55. The molecule has 1 atom stereocenters. The topological polar surface area (TPSA) is 66.8 Å². The number of carboxylic acid groups (broad SMARTS) is 1. The lowest BCUT2D eigenvalue weighted by atomic mass is 10.0. The third-order valence-corrected chi connectivity index (χ3v) is 3.10. The molecule has 104 valence electrons. The summed E-state index contributed by atoms with van der Waals surface area (Å²) >= 11 is 0. The van der Waals surface area contributed by atoms with E-state index in [1.165, 1.54) is 25.8 Å². The average molecular weight is 265 g/mol. The van der Waals surface area contributed by atoms with Gasteiger partial charge in [-0.2, -0.15) is 0 Å². The normalized spacial score (nSPS) is 12.6. The Labute approximate surface area is 112 Å². The molecule has 0 aliphatic rings. The largest absolute Gasteiger partial charge is 0.481 e. The molecule has 19 heavy (non-hydrogen) atoms. The maximum atomic E-state index is 12.1. The maximum Gasteiger partial charge on any atom is 0.329 e. The Hall–Kier alpha value is -2.04. The molecule has 5 nitrogen and oxygen atoms in total. The highest BCUT2D eigenvalue weighted by Gasteiger charge is 2.37. The van der Waals surface area contributed by atoms with E-state index in [0.29, 0.717) is 5.75 Å². The van der Waals surface area contributed by atoms with Crippen molar-refractivity contribution in [3.63, 3.8) is 0 Å². The minimum atomic E-state index is -1.27. The summed E-state index contributed by atoms with van der Waals surface area (Å²) in [7, 11) is 1.46. The van der Waals surface area contributed by atoms with Gasteiger partial charge in [0.15, 0.2) is 6.10 Å². The van der Waals surface area contributed by atoms with Crippen LogP contribution in [-0.4, -0.2) is 40.6 Å². The standard InChI is InChI=1S/C14H19NO4/c1-10(19-11-8-6-5-7-9-11)12(16)15(4)14(2,3)13(17)18/h5-10H,1-4H3,(H,17,18). The van der Waals surface area contributed by atoms with Gasteiger partial charge in [0, 0.05) is 7.05 Å². The lowest BCUT2D eigenvalue weighted by Crippen LogP contribution is -2.54. The number of likely N-dealkylation sites (N-methyl/N-ethyl adjacent to an activating group) is 1. The van der Waals surface area contributed by atoms with E-state index in [2.05, 4.69) is 0 Å². The molecule has 0 bridgehead atoms. The Bertz CT molecular complexity index is 456. The SMILES string of the molecule is CC(Oc1ccccc1)C(=O)N(C)C(C)(C)C(=O)O. The second-order valence-corrected chi connectivity index (χ2v) is 4.83. The van der Waals surface area contributed by atoms with E-state index in [9.17, 15) is 9.59 Å². The van der Waals surface area contributed by atoms with Crippen molar-refractivity contribution < 1.29 is 19.4 Å². The molecule has 0 saturated carbocycles. The summed E-state index contributed by atoms with van der Waals surface area (Å²) < 4.78 is 5.49. The fourth-order valence-corrected chi connectivity index (χ4v) is 1.45. The number of carbonyl (C=O) groups excluding carboxylic acids is 1. The third kappa shape index (κ3) is 3.47. The first kappa shape index (κ1) is 15.0. The van der Waals surface area contributed by atoms with Gasteiger partial charge in [0.25, 0.3) is 5.91 Å². The number of amides is 1. The molecule has 1 rings (SSSR count). The molecule has 0 heterocycles. The lowest BCUT2D eigenvalue weighted by Gasteiger charge is -2.33. The van der Waals surface area contributed by atoms with Crippen molar-refractivity contribution in [2.45, 2.75) is 32.4 Å². The molecule has 0 spiro atoms. The van der Waals surface area contributed by atoms with Gasteiger partial charge in [-0.25, -0.2) is 4.79 Å². The average Bonchev–Trinajstić information content (AvgIpc) is 2.37. The molecule has 0 radical (unpaired) electrons. The molecular weight excluding hydrogens is 246 g/mol. The fraction of sp³-hybridized carbons (Fsp3) is 0.429. The molecule has 1 aromatic carbocycles. The van der Waals surface area contributed by atoms with Gasteiger partial charge in [-0.3, -0.25) is 4.79 Å². The molecule has 0 aliphatic heterocycles. The van der Waals surface area contributed by atoms with E-state index in [1.807, 2.05) is 6.07 Å². The van der Waals surface area contributed by atoms with Crippen LogP contribution in [0.25, 0.3) is 0 Å². The number of para-hydroxylation sites is 1. The van der Waals surface area contributed by atoms with Crippen LogP contribution in [0.15, 0.2) is 30.3 Å². The highest BCUT2D eigenvalue weighted by molar-refractivity contribution is 5.88. The van der Waals surface area contributed by atoms with Crippen LogP contribution in [0.4, 0.5) is 0 Å². The van der Waals surface area contributed by atoms with Crippen molar-refractivity contribution in [2.75, 3.05) is 7.05 Å². The van der Waals surface area contributed by atoms with E-state index in [1.54, 1.807) is 31.2 Å². The van der Waals surface area contributed by atoms with E-state index in [4.69, 9.17) is 9.84 Å². The summed E-state index contributed by atoms with van der Waals surface area (Å²) in [5, 5.41) is 9.10.